The number of thiophene rings is 1. The summed E-state index contributed by atoms with van der Waals surface area (Å²) in [4.78, 5) is 5.21. The molecular formula is C57H41BN2OS. The molecule has 2 aliphatic heterocycles. The van der Waals surface area contributed by atoms with Crippen molar-refractivity contribution in [3.8, 4) is 22.3 Å². The number of hydrogen-bond donors (Lipinski definition) is 0. The highest BCUT2D eigenvalue weighted by atomic mass is 32.1. The predicted molar refractivity (Wildman–Crippen MR) is 267 cm³/mol. The molecule has 3 nitrogen and oxygen atoms in total. The van der Waals surface area contributed by atoms with Gasteiger partial charge in [0.15, 0.2) is 0 Å². The van der Waals surface area contributed by atoms with Crippen LogP contribution in [0, 0.1) is 6.92 Å². The molecule has 4 heterocycles. The van der Waals surface area contributed by atoms with Crippen molar-refractivity contribution in [3.05, 3.63) is 187 Å². The number of anilines is 5. The number of aryl methyl sites for hydroxylation is 1. The molecule has 62 heavy (non-hydrogen) atoms. The molecule has 13 rings (SSSR count). The van der Waals surface area contributed by atoms with Gasteiger partial charge in [-0.05, 0) is 117 Å². The smallest absolute Gasteiger partial charge is 0.333 e. The van der Waals surface area contributed by atoms with Crippen molar-refractivity contribution in [2.75, 3.05) is 9.71 Å². The number of fused-ring (bicyclic) bond motifs is 12. The van der Waals surface area contributed by atoms with Gasteiger partial charge in [-0.1, -0.05) is 136 Å². The van der Waals surface area contributed by atoms with Gasteiger partial charge in [0, 0.05) is 70.5 Å². The molecule has 0 aliphatic carbocycles. The molecule has 2 aromatic heterocycles. The molecule has 294 valence electrons. The lowest BCUT2D eigenvalue weighted by Crippen LogP contribution is -2.61. The fraction of sp³-hybridized carbons (Fsp3) is 0.0877. The topological polar surface area (TPSA) is 19.6 Å². The number of rotatable bonds is 3. The third kappa shape index (κ3) is 5.12. The molecule has 9 aromatic carbocycles. The maximum atomic E-state index is 7.08. The van der Waals surface area contributed by atoms with Gasteiger partial charge in [-0.2, -0.15) is 0 Å². The van der Waals surface area contributed by atoms with Gasteiger partial charge in [0.25, 0.3) is 0 Å². The van der Waals surface area contributed by atoms with Crippen LogP contribution in [0.3, 0.4) is 0 Å². The van der Waals surface area contributed by atoms with E-state index in [0.717, 1.165) is 21.9 Å². The minimum atomic E-state index is -0.162. The molecule has 2 aliphatic rings. The molecule has 0 atom stereocenters. The highest BCUT2D eigenvalue weighted by Gasteiger charge is 2.47. The van der Waals surface area contributed by atoms with Crippen LogP contribution in [0.1, 0.15) is 31.9 Å². The van der Waals surface area contributed by atoms with E-state index in [2.05, 4.69) is 213 Å². The lowest BCUT2D eigenvalue weighted by atomic mass is 9.43. The van der Waals surface area contributed by atoms with Crippen molar-refractivity contribution in [3.63, 3.8) is 0 Å². The first-order chi connectivity index (χ1) is 30.3. The zero-order valence-electron chi connectivity index (χ0n) is 35.0. The van der Waals surface area contributed by atoms with E-state index in [-0.39, 0.29) is 12.3 Å². The Hall–Kier alpha value is -7.08. The summed E-state index contributed by atoms with van der Waals surface area (Å²) < 4.78 is 9.67. The Morgan fingerprint density at radius 2 is 1.26 bits per heavy atom. The molecule has 0 spiro atoms. The maximum Gasteiger partial charge on any atom is 0.333 e. The Morgan fingerprint density at radius 1 is 0.532 bits per heavy atom. The molecule has 0 amide bonds. The summed E-state index contributed by atoms with van der Waals surface area (Å²) in [7, 11) is 0. The summed E-state index contributed by atoms with van der Waals surface area (Å²) in [6.45, 7) is 8.99. The van der Waals surface area contributed by atoms with E-state index in [4.69, 9.17) is 4.42 Å². The van der Waals surface area contributed by atoms with Crippen LogP contribution in [0.5, 0.6) is 0 Å². The Kier molecular flexibility index (Phi) is 7.46. The molecule has 11 aromatic rings. The largest absolute Gasteiger partial charge is 0.455 e. The van der Waals surface area contributed by atoms with Crippen LogP contribution in [0.15, 0.2) is 180 Å². The standard InChI is InChI=1S/C57H41BN2OS/c1-34-28-38(35-14-6-5-7-15-35)22-27-47(34)59-49-33-53-43(42-19-11-13-21-52(42)62-53)31-46(49)58-55-50(59)32-44-41-18-10-12-20-51(41)61-56(44)54(55)45-29-36-16-8-9-17-37(36)30-48(45)60(58)40-25-23-39(24-26-40)57(2,3)4/h5-33H,1-4H3. The van der Waals surface area contributed by atoms with E-state index < -0.39 is 0 Å². The van der Waals surface area contributed by atoms with E-state index in [0.29, 0.717) is 0 Å². The van der Waals surface area contributed by atoms with Crippen LogP contribution in [0.4, 0.5) is 28.4 Å². The van der Waals surface area contributed by atoms with Crippen LogP contribution >= 0.6 is 11.3 Å². The van der Waals surface area contributed by atoms with E-state index in [1.807, 2.05) is 11.3 Å². The maximum absolute atomic E-state index is 7.08. The molecule has 0 radical (unpaired) electrons. The zero-order chi connectivity index (χ0) is 41.4. The quantitative estimate of drug-likeness (QED) is 0.166. The number of hydrogen-bond acceptors (Lipinski definition) is 4. The average molecular weight is 813 g/mol. The van der Waals surface area contributed by atoms with Crippen molar-refractivity contribution in [2.24, 2.45) is 0 Å². The Morgan fingerprint density at radius 3 is 2.05 bits per heavy atom. The summed E-state index contributed by atoms with van der Waals surface area (Å²) >= 11 is 1.88. The molecule has 0 bridgehead atoms. The first kappa shape index (κ1) is 35.7. The van der Waals surface area contributed by atoms with Gasteiger partial charge < -0.3 is 14.1 Å². The van der Waals surface area contributed by atoms with Crippen LogP contribution in [-0.2, 0) is 5.41 Å². The van der Waals surface area contributed by atoms with E-state index in [1.54, 1.807) is 0 Å². The molecule has 0 fully saturated rings. The lowest BCUT2D eigenvalue weighted by molar-refractivity contribution is 0.590. The first-order valence-electron chi connectivity index (χ1n) is 21.6. The lowest BCUT2D eigenvalue weighted by Gasteiger charge is -2.46. The summed E-state index contributed by atoms with van der Waals surface area (Å²) in [5.74, 6) is 0. The van der Waals surface area contributed by atoms with Crippen molar-refractivity contribution < 1.29 is 4.42 Å². The third-order valence-corrected chi connectivity index (χ3v) is 14.6. The number of para-hydroxylation sites is 1. The van der Waals surface area contributed by atoms with Gasteiger partial charge in [0.2, 0.25) is 0 Å². The molecular weight excluding hydrogens is 772 g/mol. The monoisotopic (exact) mass is 812 g/mol. The van der Waals surface area contributed by atoms with Gasteiger partial charge in [-0.15, -0.1) is 11.3 Å². The summed E-state index contributed by atoms with van der Waals surface area (Å²) in [6, 6.07) is 65.6. The van der Waals surface area contributed by atoms with Gasteiger partial charge in [0.1, 0.15) is 11.2 Å². The highest BCUT2D eigenvalue weighted by molar-refractivity contribution is 7.26. The Labute approximate surface area is 365 Å². The number of furan rings is 1. The van der Waals surface area contributed by atoms with E-state index in [1.165, 1.54) is 104 Å². The highest BCUT2D eigenvalue weighted by Crippen LogP contribution is 2.52. The van der Waals surface area contributed by atoms with Crippen LogP contribution in [0.25, 0.3) is 75.1 Å². The SMILES string of the molecule is Cc1cc(-c2ccccc2)ccc1N1c2cc3sc4ccccc4c3cc2B2c3c1cc1c(oc4ccccc41)c3-c1cc3ccccc3cc1N2c1ccc(C(C)(C)C)cc1. The van der Waals surface area contributed by atoms with Crippen molar-refractivity contribution in [1.29, 1.82) is 0 Å². The second-order valence-electron chi connectivity index (χ2n) is 18.2. The normalized spacial score (nSPS) is 13.4. The number of nitrogens with zero attached hydrogens (tertiary/aromatic N) is 2. The molecule has 5 heteroatoms. The summed E-state index contributed by atoms with van der Waals surface area (Å²) in [5, 5.41) is 7.28. The fourth-order valence-electron chi connectivity index (χ4n) is 10.5. The van der Waals surface area contributed by atoms with Gasteiger partial charge >= 0.3 is 6.85 Å². The molecule has 0 N–H and O–H groups in total. The van der Waals surface area contributed by atoms with Gasteiger partial charge in [-0.25, -0.2) is 0 Å². The minimum absolute atomic E-state index is 0.0265. The average Bonchev–Trinajstić information content (AvgIpc) is 3.86. The minimum Gasteiger partial charge on any atom is -0.455 e. The van der Waals surface area contributed by atoms with Gasteiger partial charge in [-0.3, -0.25) is 0 Å². The number of benzene rings is 9. The van der Waals surface area contributed by atoms with Crippen LogP contribution in [0.2, 0.25) is 0 Å². The van der Waals surface area contributed by atoms with Crippen LogP contribution in [-0.4, -0.2) is 6.85 Å². The zero-order valence-corrected chi connectivity index (χ0v) is 35.8. The molecule has 0 unspecified atom stereocenters. The summed E-state index contributed by atoms with van der Waals surface area (Å²) in [5.41, 5.74) is 17.6. The van der Waals surface area contributed by atoms with E-state index >= 15 is 0 Å². The van der Waals surface area contributed by atoms with Crippen LogP contribution < -0.4 is 20.6 Å². The second kappa shape index (κ2) is 13.0. The Balaban J connectivity index is 1.20. The van der Waals surface area contributed by atoms with Crippen molar-refractivity contribution >= 4 is 110 Å². The summed E-state index contributed by atoms with van der Waals surface area (Å²) in [6.07, 6.45) is 0. The van der Waals surface area contributed by atoms with Gasteiger partial charge in [0.05, 0.1) is 0 Å². The predicted octanol–water partition coefficient (Wildman–Crippen LogP) is 15.1. The second-order valence-corrected chi connectivity index (χ2v) is 19.2. The van der Waals surface area contributed by atoms with Crippen molar-refractivity contribution in [1.82, 2.24) is 0 Å². The van der Waals surface area contributed by atoms with Crippen molar-refractivity contribution in [2.45, 2.75) is 33.1 Å². The molecule has 0 saturated carbocycles. The van der Waals surface area contributed by atoms with E-state index in [9.17, 15) is 0 Å². The third-order valence-electron chi connectivity index (χ3n) is 13.5. The Bertz CT molecular complexity index is 3650. The fourth-order valence-corrected chi connectivity index (χ4v) is 11.6. The molecule has 0 saturated heterocycles. The first-order valence-corrected chi connectivity index (χ1v) is 22.4.